The van der Waals surface area contributed by atoms with E-state index in [0.717, 1.165) is 11.4 Å². The minimum Gasteiger partial charge on any atom is -0.310 e. The van der Waals surface area contributed by atoms with Crippen LogP contribution in [0.3, 0.4) is 0 Å². The molecule has 240 valence electrons. The Morgan fingerprint density at radius 1 is 0.412 bits per heavy atom. The van der Waals surface area contributed by atoms with Gasteiger partial charge in [0.05, 0.1) is 0 Å². The van der Waals surface area contributed by atoms with Crippen LogP contribution in [0.2, 0.25) is 0 Å². The predicted molar refractivity (Wildman–Crippen MR) is 219 cm³/mol. The molecule has 0 spiro atoms. The molecule has 2 aliphatic rings. The van der Waals surface area contributed by atoms with Crippen molar-refractivity contribution in [2.45, 2.75) is 19.3 Å². The molecule has 0 atom stereocenters. The van der Waals surface area contributed by atoms with Crippen LogP contribution in [0.1, 0.15) is 25.0 Å². The molecule has 0 saturated heterocycles. The van der Waals surface area contributed by atoms with Crippen LogP contribution in [0, 0.1) is 0 Å². The fourth-order valence-corrected chi connectivity index (χ4v) is 10.3. The van der Waals surface area contributed by atoms with E-state index in [1.165, 1.54) is 92.3 Å². The van der Waals surface area contributed by atoms with E-state index in [0.29, 0.717) is 0 Å². The van der Waals surface area contributed by atoms with Gasteiger partial charge in [0.2, 0.25) is 0 Å². The van der Waals surface area contributed by atoms with Gasteiger partial charge in [-0.2, -0.15) is 0 Å². The SMILES string of the molecule is CC1(C)c2ccccc2-c2ccc(N(c3ccccc3)c3ccc(-c4ccc5c6c4sc4cccc(c46)-c4cccc6cccc-5c46)cc3)cc21. The lowest BCUT2D eigenvalue weighted by atomic mass is 9.82. The maximum absolute atomic E-state index is 2.41. The van der Waals surface area contributed by atoms with Crippen molar-refractivity contribution in [1.29, 1.82) is 0 Å². The molecule has 1 aromatic heterocycles. The van der Waals surface area contributed by atoms with Crippen LogP contribution in [0.5, 0.6) is 0 Å². The third-order valence-electron chi connectivity index (χ3n) is 11.4. The number of hydrogen-bond donors (Lipinski definition) is 0. The van der Waals surface area contributed by atoms with E-state index in [-0.39, 0.29) is 5.41 Å². The molecule has 0 bridgehead atoms. The summed E-state index contributed by atoms with van der Waals surface area (Å²) >= 11 is 1.92. The summed E-state index contributed by atoms with van der Waals surface area (Å²) in [6.45, 7) is 4.71. The third kappa shape index (κ3) is 4.03. The Bertz CT molecular complexity index is 2870. The lowest BCUT2D eigenvalue weighted by Gasteiger charge is -2.28. The normalized spacial score (nSPS) is 13.5. The summed E-state index contributed by atoms with van der Waals surface area (Å²) in [4.78, 5) is 2.40. The summed E-state index contributed by atoms with van der Waals surface area (Å²) in [5, 5.41) is 5.41. The Balaban J connectivity index is 1.06. The van der Waals surface area contributed by atoms with Crippen LogP contribution in [-0.2, 0) is 5.41 Å². The highest BCUT2D eigenvalue weighted by Gasteiger charge is 2.35. The van der Waals surface area contributed by atoms with Gasteiger partial charge in [0.1, 0.15) is 0 Å². The maximum Gasteiger partial charge on any atom is 0.0465 e. The average Bonchev–Trinajstić information content (AvgIpc) is 3.63. The zero-order valence-electron chi connectivity index (χ0n) is 28.4. The van der Waals surface area contributed by atoms with E-state index in [9.17, 15) is 0 Å². The second-order valence-corrected chi connectivity index (χ2v) is 15.5. The van der Waals surface area contributed by atoms with Crippen LogP contribution in [0.25, 0.3) is 75.5 Å². The highest BCUT2D eigenvalue weighted by atomic mass is 32.1. The van der Waals surface area contributed by atoms with Crippen molar-refractivity contribution < 1.29 is 0 Å². The molecule has 0 fully saturated rings. The van der Waals surface area contributed by atoms with Crippen LogP contribution in [-0.4, -0.2) is 0 Å². The number of benzene rings is 8. The summed E-state index contributed by atoms with van der Waals surface area (Å²) in [5.41, 5.74) is 16.7. The molecule has 0 N–H and O–H groups in total. The molecule has 1 heterocycles. The number of anilines is 3. The summed E-state index contributed by atoms with van der Waals surface area (Å²) in [6, 6.07) is 60.9. The lowest BCUT2D eigenvalue weighted by Crippen LogP contribution is -2.16. The summed E-state index contributed by atoms with van der Waals surface area (Å²) in [5.74, 6) is 0. The molecule has 0 radical (unpaired) electrons. The van der Waals surface area contributed by atoms with Gasteiger partial charge in [-0.15, -0.1) is 11.3 Å². The zero-order chi connectivity index (χ0) is 33.8. The van der Waals surface area contributed by atoms with Gasteiger partial charge in [0.25, 0.3) is 0 Å². The quantitative estimate of drug-likeness (QED) is 0.181. The van der Waals surface area contributed by atoms with Gasteiger partial charge in [0, 0.05) is 42.6 Å². The standard InChI is InChI=1S/C49H33NS/c1-49(2)42-19-7-6-15-36(42)37-26-25-34(29-43(37)49)50(32-13-4-3-5-14-32)33-23-21-30(22-24-33)35-27-28-41-39-17-9-12-31-11-8-16-38(45(31)39)40-18-10-20-44-46(40)47(41)48(35)51-44/h3-29H,1-2H3. The van der Waals surface area contributed by atoms with Crippen LogP contribution in [0.4, 0.5) is 17.1 Å². The van der Waals surface area contributed by atoms with Crippen molar-refractivity contribution in [2.24, 2.45) is 0 Å². The second kappa shape index (κ2) is 10.5. The van der Waals surface area contributed by atoms with Crippen molar-refractivity contribution in [2.75, 3.05) is 4.90 Å². The predicted octanol–water partition coefficient (Wildman–Crippen LogP) is 14.3. The van der Waals surface area contributed by atoms with Crippen LogP contribution < -0.4 is 4.90 Å². The molecule has 9 aromatic rings. The Hall–Kier alpha value is -5.96. The fraction of sp³-hybridized carbons (Fsp3) is 0.0612. The molecule has 2 heteroatoms. The van der Waals surface area contributed by atoms with Gasteiger partial charge < -0.3 is 4.90 Å². The highest BCUT2D eigenvalue weighted by molar-refractivity contribution is 7.26. The van der Waals surface area contributed by atoms with Crippen molar-refractivity contribution in [1.82, 2.24) is 0 Å². The van der Waals surface area contributed by atoms with Crippen molar-refractivity contribution in [3.63, 3.8) is 0 Å². The Morgan fingerprint density at radius 3 is 1.76 bits per heavy atom. The van der Waals surface area contributed by atoms with E-state index < -0.39 is 0 Å². The van der Waals surface area contributed by atoms with Gasteiger partial charge in [-0.25, -0.2) is 0 Å². The number of thiophene rings is 1. The maximum atomic E-state index is 2.41. The van der Waals surface area contributed by atoms with E-state index in [2.05, 4.69) is 183 Å². The molecule has 2 aliphatic carbocycles. The Kier molecular flexibility index (Phi) is 5.95. The molecular formula is C49H33NS. The van der Waals surface area contributed by atoms with Gasteiger partial charge in [0.15, 0.2) is 0 Å². The zero-order valence-corrected chi connectivity index (χ0v) is 29.3. The number of para-hydroxylation sites is 1. The lowest BCUT2D eigenvalue weighted by molar-refractivity contribution is 0.660. The number of rotatable bonds is 4. The van der Waals surface area contributed by atoms with Gasteiger partial charge in [-0.05, 0) is 109 Å². The van der Waals surface area contributed by atoms with Gasteiger partial charge in [-0.1, -0.05) is 135 Å². The first-order valence-corrected chi connectivity index (χ1v) is 18.6. The molecule has 0 unspecified atom stereocenters. The summed E-state index contributed by atoms with van der Waals surface area (Å²) in [6.07, 6.45) is 0. The molecule has 11 rings (SSSR count). The van der Waals surface area contributed by atoms with E-state index in [1.807, 2.05) is 11.3 Å². The Labute approximate surface area is 301 Å². The first-order valence-electron chi connectivity index (χ1n) is 17.8. The largest absolute Gasteiger partial charge is 0.310 e. The molecule has 8 aromatic carbocycles. The number of nitrogens with zero attached hydrogens (tertiary/aromatic N) is 1. The third-order valence-corrected chi connectivity index (χ3v) is 12.6. The Morgan fingerprint density at radius 2 is 0.980 bits per heavy atom. The minimum absolute atomic E-state index is 0.0653. The molecule has 1 nitrogen and oxygen atoms in total. The second-order valence-electron chi connectivity index (χ2n) is 14.5. The molecule has 0 amide bonds. The van der Waals surface area contributed by atoms with E-state index in [1.54, 1.807) is 0 Å². The first kappa shape index (κ1) is 28.8. The van der Waals surface area contributed by atoms with Crippen molar-refractivity contribution in [3.8, 4) is 44.5 Å². The van der Waals surface area contributed by atoms with Crippen LogP contribution in [0.15, 0.2) is 164 Å². The van der Waals surface area contributed by atoms with Gasteiger partial charge >= 0.3 is 0 Å². The van der Waals surface area contributed by atoms with Crippen molar-refractivity contribution >= 4 is 59.3 Å². The van der Waals surface area contributed by atoms with Crippen molar-refractivity contribution in [3.05, 3.63) is 175 Å². The van der Waals surface area contributed by atoms with Gasteiger partial charge in [-0.3, -0.25) is 0 Å². The topological polar surface area (TPSA) is 3.24 Å². The summed E-state index contributed by atoms with van der Waals surface area (Å²) < 4.78 is 2.70. The highest BCUT2D eigenvalue weighted by Crippen LogP contribution is 2.53. The average molecular weight is 668 g/mol. The molecule has 51 heavy (non-hydrogen) atoms. The first-order chi connectivity index (χ1) is 25.1. The molecular weight excluding hydrogens is 635 g/mol. The van der Waals surface area contributed by atoms with E-state index >= 15 is 0 Å². The summed E-state index contributed by atoms with van der Waals surface area (Å²) in [7, 11) is 0. The fourth-order valence-electron chi connectivity index (χ4n) is 9.03. The smallest absolute Gasteiger partial charge is 0.0465 e. The van der Waals surface area contributed by atoms with Crippen LogP contribution >= 0.6 is 11.3 Å². The number of hydrogen-bond acceptors (Lipinski definition) is 2. The molecule has 0 aliphatic heterocycles. The monoisotopic (exact) mass is 667 g/mol. The van der Waals surface area contributed by atoms with E-state index in [4.69, 9.17) is 0 Å². The minimum atomic E-state index is -0.0653. The number of fused-ring (bicyclic) bond motifs is 5. The molecule has 0 saturated carbocycles.